The van der Waals surface area contributed by atoms with E-state index in [0.29, 0.717) is 16.8 Å². The smallest absolute Gasteiger partial charge is 0.375 e. The molecule has 0 saturated carbocycles. The average Bonchev–Trinajstić information content (AvgIpc) is 2.56. The number of hydrogen-bond donors (Lipinski definition) is 1. The molecule has 1 amide bonds. The molecule has 0 spiro atoms. The summed E-state index contributed by atoms with van der Waals surface area (Å²) in [6, 6.07) is 5.19. The van der Waals surface area contributed by atoms with Crippen LogP contribution in [0.5, 0.6) is 0 Å². The van der Waals surface area contributed by atoms with Crippen LogP contribution >= 0.6 is 0 Å². The Hall–Kier alpha value is -3.03. The van der Waals surface area contributed by atoms with Gasteiger partial charge in [-0.2, -0.15) is 0 Å². The molecule has 0 aliphatic carbocycles. The lowest BCUT2D eigenvalue weighted by atomic mass is 9.97. The van der Waals surface area contributed by atoms with Crippen molar-refractivity contribution < 1.29 is 33.4 Å². The third kappa shape index (κ3) is 4.03. The minimum Gasteiger partial charge on any atom is -0.468 e. The van der Waals surface area contributed by atoms with Gasteiger partial charge in [0.05, 0.1) is 14.2 Å². The largest absolute Gasteiger partial charge is 0.468 e. The summed E-state index contributed by atoms with van der Waals surface area (Å²) in [5.41, 5.74) is 1.75. The van der Waals surface area contributed by atoms with Crippen molar-refractivity contribution >= 4 is 35.1 Å². The molecule has 0 fully saturated rings. The molecule has 128 valence electrons. The van der Waals surface area contributed by atoms with Gasteiger partial charge in [-0.05, 0) is 25.0 Å². The number of hydrogen-bond acceptors (Lipinski definition) is 7. The van der Waals surface area contributed by atoms with Crippen molar-refractivity contribution in [1.82, 2.24) is 0 Å². The van der Waals surface area contributed by atoms with Gasteiger partial charge in [-0.3, -0.25) is 19.2 Å². The van der Waals surface area contributed by atoms with Gasteiger partial charge in [0.2, 0.25) is 5.78 Å². The molecule has 0 saturated heterocycles. The molecule has 0 radical (unpaired) electrons. The number of aryl methyl sites for hydroxylation is 2. The fourth-order valence-corrected chi connectivity index (χ4v) is 1.99. The van der Waals surface area contributed by atoms with E-state index in [0.717, 1.165) is 14.2 Å². The van der Waals surface area contributed by atoms with Gasteiger partial charge in [-0.1, -0.05) is 18.2 Å². The molecule has 24 heavy (non-hydrogen) atoms. The standard InChI is InChI=1S/C16H17NO7/c1-8-6-5-7-9(2)11(8)17-14(20)12(18)10(15(21)23-3)13(19)16(22)24-4/h5-7,10H,1-4H3,(H,17,20)/t10-/m0/s1. The highest BCUT2D eigenvalue weighted by Gasteiger charge is 2.42. The highest BCUT2D eigenvalue weighted by atomic mass is 16.5. The molecule has 8 heteroatoms. The van der Waals surface area contributed by atoms with Gasteiger partial charge in [0, 0.05) is 5.69 Å². The number of Topliss-reactive ketones (excluding diaryl/α,β-unsaturated/α-hetero) is 2. The Balaban J connectivity index is 3.10. The van der Waals surface area contributed by atoms with Gasteiger partial charge < -0.3 is 14.8 Å². The van der Waals surface area contributed by atoms with Crippen molar-refractivity contribution in [3.63, 3.8) is 0 Å². The highest BCUT2D eigenvalue weighted by molar-refractivity contribution is 6.54. The molecule has 0 bridgehead atoms. The SMILES string of the molecule is COC(=O)C(=O)[C@@H](C(=O)OC)C(=O)C(=O)Nc1c(C)cccc1C. The molecule has 1 aromatic carbocycles. The summed E-state index contributed by atoms with van der Waals surface area (Å²) in [6.45, 7) is 3.43. The van der Waals surface area contributed by atoms with Gasteiger partial charge in [-0.15, -0.1) is 0 Å². The number of ketones is 2. The fourth-order valence-electron chi connectivity index (χ4n) is 1.99. The van der Waals surface area contributed by atoms with Crippen LogP contribution in [-0.2, 0) is 33.4 Å². The van der Waals surface area contributed by atoms with Gasteiger partial charge >= 0.3 is 11.9 Å². The van der Waals surface area contributed by atoms with E-state index in [-0.39, 0.29) is 0 Å². The molecular weight excluding hydrogens is 318 g/mol. The van der Waals surface area contributed by atoms with E-state index in [1.54, 1.807) is 32.0 Å². The quantitative estimate of drug-likeness (QED) is 0.453. The van der Waals surface area contributed by atoms with E-state index in [1.165, 1.54) is 0 Å². The number of methoxy groups -OCH3 is 2. The van der Waals surface area contributed by atoms with Crippen molar-refractivity contribution in [2.75, 3.05) is 19.5 Å². The number of esters is 2. The first-order chi connectivity index (χ1) is 11.2. The minimum absolute atomic E-state index is 0.380. The third-order valence-electron chi connectivity index (χ3n) is 3.29. The van der Waals surface area contributed by atoms with Gasteiger partial charge in [0.25, 0.3) is 11.7 Å². The van der Waals surface area contributed by atoms with E-state index >= 15 is 0 Å². The Morgan fingerprint density at radius 1 is 0.917 bits per heavy atom. The molecule has 1 rings (SSSR count). The Morgan fingerprint density at radius 3 is 1.92 bits per heavy atom. The van der Waals surface area contributed by atoms with E-state index in [4.69, 9.17) is 0 Å². The van der Waals surface area contributed by atoms with E-state index in [1.807, 2.05) is 0 Å². The Labute approximate surface area is 138 Å². The van der Waals surface area contributed by atoms with E-state index in [2.05, 4.69) is 14.8 Å². The highest BCUT2D eigenvalue weighted by Crippen LogP contribution is 2.20. The summed E-state index contributed by atoms with van der Waals surface area (Å²) in [6.07, 6.45) is 0. The average molecular weight is 335 g/mol. The number of carbonyl (C=O) groups excluding carboxylic acids is 5. The maximum Gasteiger partial charge on any atom is 0.375 e. The Kier molecular flexibility index (Phi) is 6.34. The molecule has 1 atom stereocenters. The molecule has 8 nitrogen and oxygen atoms in total. The van der Waals surface area contributed by atoms with Gasteiger partial charge in [0.15, 0.2) is 5.92 Å². The molecular formula is C16H17NO7. The van der Waals surface area contributed by atoms with Crippen LogP contribution in [0.2, 0.25) is 0 Å². The lowest BCUT2D eigenvalue weighted by Crippen LogP contribution is -2.43. The summed E-state index contributed by atoms with van der Waals surface area (Å²) in [7, 11) is 1.84. The van der Waals surface area contributed by atoms with Crippen LogP contribution in [0.3, 0.4) is 0 Å². The van der Waals surface area contributed by atoms with Crippen molar-refractivity contribution in [1.29, 1.82) is 0 Å². The lowest BCUT2D eigenvalue weighted by molar-refractivity contribution is -0.163. The molecule has 0 aliphatic heterocycles. The predicted molar refractivity (Wildman–Crippen MR) is 82.1 cm³/mol. The summed E-state index contributed by atoms with van der Waals surface area (Å²) >= 11 is 0. The molecule has 0 heterocycles. The second-order valence-electron chi connectivity index (χ2n) is 4.90. The number of carbonyl (C=O) groups is 5. The Bertz CT molecular complexity index is 688. The molecule has 1 N–H and O–H groups in total. The minimum atomic E-state index is -2.20. The predicted octanol–water partition coefficient (Wildman–Crippen LogP) is 0.342. The Morgan fingerprint density at radius 2 is 1.46 bits per heavy atom. The molecule has 0 unspecified atom stereocenters. The monoisotopic (exact) mass is 335 g/mol. The number of nitrogens with one attached hydrogen (secondary N) is 1. The van der Waals surface area contributed by atoms with Crippen molar-refractivity contribution in [2.45, 2.75) is 13.8 Å². The van der Waals surface area contributed by atoms with E-state index < -0.39 is 35.3 Å². The van der Waals surface area contributed by atoms with Crippen LogP contribution < -0.4 is 5.32 Å². The zero-order valence-corrected chi connectivity index (χ0v) is 13.7. The summed E-state index contributed by atoms with van der Waals surface area (Å²) in [5, 5.41) is 2.35. The van der Waals surface area contributed by atoms with Crippen molar-refractivity contribution in [3.8, 4) is 0 Å². The van der Waals surface area contributed by atoms with E-state index in [9.17, 15) is 24.0 Å². The molecule has 1 aromatic rings. The van der Waals surface area contributed by atoms with Crippen molar-refractivity contribution in [3.05, 3.63) is 29.3 Å². The number of para-hydroxylation sites is 1. The van der Waals surface area contributed by atoms with Gasteiger partial charge in [-0.25, -0.2) is 4.79 Å². The normalized spacial score (nSPS) is 11.2. The fraction of sp³-hybridized carbons (Fsp3) is 0.312. The second-order valence-corrected chi connectivity index (χ2v) is 4.90. The van der Waals surface area contributed by atoms with Gasteiger partial charge in [0.1, 0.15) is 0 Å². The summed E-state index contributed by atoms with van der Waals surface area (Å²) in [5.74, 6) is -9.01. The molecule has 0 aromatic heterocycles. The topological polar surface area (TPSA) is 116 Å². The number of anilines is 1. The number of rotatable bonds is 6. The first-order valence-corrected chi connectivity index (χ1v) is 6.86. The second kappa shape index (κ2) is 8.00. The third-order valence-corrected chi connectivity index (χ3v) is 3.29. The van der Waals surface area contributed by atoms with Crippen LogP contribution in [0, 0.1) is 19.8 Å². The van der Waals surface area contributed by atoms with Crippen LogP contribution in [0.4, 0.5) is 5.69 Å². The summed E-state index contributed by atoms with van der Waals surface area (Å²) < 4.78 is 8.52. The summed E-state index contributed by atoms with van der Waals surface area (Å²) in [4.78, 5) is 59.1. The van der Waals surface area contributed by atoms with Crippen LogP contribution in [0.1, 0.15) is 11.1 Å². The maximum absolute atomic E-state index is 12.2. The van der Waals surface area contributed by atoms with Crippen molar-refractivity contribution in [2.24, 2.45) is 5.92 Å². The maximum atomic E-state index is 12.2. The zero-order chi connectivity index (χ0) is 18.4. The van der Waals surface area contributed by atoms with Crippen LogP contribution in [-0.4, -0.2) is 43.6 Å². The first kappa shape index (κ1) is 19.0. The zero-order valence-electron chi connectivity index (χ0n) is 13.7. The molecule has 0 aliphatic rings. The number of ether oxygens (including phenoxy) is 2. The first-order valence-electron chi connectivity index (χ1n) is 6.86. The van der Waals surface area contributed by atoms with Crippen LogP contribution in [0.15, 0.2) is 18.2 Å². The number of amides is 1. The van der Waals surface area contributed by atoms with Crippen LogP contribution in [0.25, 0.3) is 0 Å². The lowest BCUT2D eigenvalue weighted by Gasteiger charge is -2.14. The number of benzene rings is 1.